The van der Waals surface area contributed by atoms with E-state index in [0.29, 0.717) is 13.0 Å². The van der Waals surface area contributed by atoms with Gasteiger partial charge in [-0.1, -0.05) is 65.8 Å². The van der Waals surface area contributed by atoms with Gasteiger partial charge in [0.05, 0.1) is 12.7 Å². The highest BCUT2D eigenvalue weighted by atomic mass is 16.6. The van der Waals surface area contributed by atoms with E-state index in [4.69, 9.17) is 14.7 Å². The van der Waals surface area contributed by atoms with E-state index in [2.05, 4.69) is 28.7 Å². The van der Waals surface area contributed by atoms with Crippen LogP contribution in [0.4, 0.5) is 5.69 Å². The summed E-state index contributed by atoms with van der Waals surface area (Å²) in [6, 6.07) is 17.8. The standard InChI is InChI=1S/C25H28N2O4/c1-30-27-24(21-5-3-2-4-6-21)18-31-23-14-9-20(10-15-23)17-26-22-12-7-19(8-13-22)11-16-25(28)29/h2-10,12-14,23,26H,11,15-18H2,1H3,(H,28,29)/b27-24+. The third kappa shape index (κ3) is 7.42. The number of anilines is 1. The van der Waals surface area contributed by atoms with Crippen LogP contribution in [0.15, 0.2) is 83.6 Å². The van der Waals surface area contributed by atoms with Crippen molar-refractivity contribution in [3.8, 4) is 0 Å². The number of ether oxygens (including phenoxy) is 1. The second-order valence-electron chi connectivity index (χ2n) is 7.25. The second-order valence-corrected chi connectivity index (χ2v) is 7.25. The molecule has 1 atom stereocenters. The highest BCUT2D eigenvalue weighted by Gasteiger charge is 2.12. The molecule has 0 aliphatic heterocycles. The number of carbonyl (C=O) groups is 1. The van der Waals surface area contributed by atoms with Gasteiger partial charge in [0.2, 0.25) is 0 Å². The minimum Gasteiger partial charge on any atom is -0.481 e. The Labute approximate surface area is 182 Å². The summed E-state index contributed by atoms with van der Waals surface area (Å²) in [5.41, 5.74) is 4.98. The van der Waals surface area contributed by atoms with Crippen LogP contribution in [0.5, 0.6) is 0 Å². The molecule has 2 N–H and O–H groups in total. The first-order valence-electron chi connectivity index (χ1n) is 10.3. The molecule has 0 saturated carbocycles. The zero-order chi connectivity index (χ0) is 21.9. The summed E-state index contributed by atoms with van der Waals surface area (Å²) in [6.45, 7) is 1.10. The smallest absolute Gasteiger partial charge is 0.303 e. The summed E-state index contributed by atoms with van der Waals surface area (Å²) >= 11 is 0. The summed E-state index contributed by atoms with van der Waals surface area (Å²) in [6.07, 6.45) is 7.83. The SMILES string of the molecule is CO/N=C(\COC1C=CC(CNc2ccc(CCC(=O)O)cc2)=CC1)c1ccccc1. The Balaban J connectivity index is 1.43. The number of rotatable bonds is 11. The highest BCUT2D eigenvalue weighted by Crippen LogP contribution is 2.17. The van der Waals surface area contributed by atoms with Crippen LogP contribution in [0.1, 0.15) is 24.0 Å². The first kappa shape index (κ1) is 22.3. The number of aryl methyl sites for hydroxylation is 1. The maximum atomic E-state index is 10.7. The molecule has 31 heavy (non-hydrogen) atoms. The Morgan fingerprint density at radius 1 is 1.16 bits per heavy atom. The lowest BCUT2D eigenvalue weighted by atomic mass is 10.0. The molecule has 1 unspecified atom stereocenters. The van der Waals surface area contributed by atoms with E-state index in [-0.39, 0.29) is 12.5 Å². The van der Waals surface area contributed by atoms with E-state index in [9.17, 15) is 4.79 Å². The minimum atomic E-state index is -0.775. The molecule has 0 aromatic heterocycles. The van der Waals surface area contributed by atoms with Gasteiger partial charge in [-0.25, -0.2) is 0 Å². The third-order valence-electron chi connectivity index (χ3n) is 4.96. The van der Waals surface area contributed by atoms with Crippen LogP contribution in [0.3, 0.4) is 0 Å². The summed E-state index contributed by atoms with van der Waals surface area (Å²) in [4.78, 5) is 15.6. The molecule has 6 heteroatoms. The van der Waals surface area contributed by atoms with Gasteiger partial charge in [-0.2, -0.15) is 0 Å². The Bertz CT molecular complexity index is 934. The summed E-state index contributed by atoms with van der Waals surface area (Å²) in [5, 5.41) is 16.3. The van der Waals surface area contributed by atoms with Crippen molar-refractivity contribution in [2.24, 2.45) is 5.16 Å². The minimum absolute atomic E-state index is 0.00281. The number of aliphatic carboxylic acids is 1. The van der Waals surface area contributed by atoms with Crippen LogP contribution in [0.25, 0.3) is 0 Å². The van der Waals surface area contributed by atoms with Gasteiger partial charge in [0.25, 0.3) is 0 Å². The Hall–Kier alpha value is -3.38. The Morgan fingerprint density at radius 2 is 1.94 bits per heavy atom. The van der Waals surface area contributed by atoms with Gasteiger partial charge < -0.3 is 20.0 Å². The molecule has 0 saturated heterocycles. The maximum absolute atomic E-state index is 10.7. The average Bonchev–Trinajstić information content (AvgIpc) is 2.81. The molecule has 162 valence electrons. The van der Waals surface area contributed by atoms with E-state index in [1.807, 2.05) is 54.6 Å². The first-order valence-corrected chi connectivity index (χ1v) is 10.3. The van der Waals surface area contributed by atoms with E-state index in [0.717, 1.165) is 35.5 Å². The van der Waals surface area contributed by atoms with E-state index in [1.165, 1.54) is 12.7 Å². The number of hydrogen-bond donors (Lipinski definition) is 2. The van der Waals surface area contributed by atoms with Crippen molar-refractivity contribution < 1.29 is 19.5 Å². The number of carboxylic acids is 1. The molecule has 0 radical (unpaired) electrons. The quantitative estimate of drug-likeness (QED) is 0.415. The predicted octanol–water partition coefficient (Wildman–Crippen LogP) is 4.44. The fourth-order valence-electron chi connectivity index (χ4n) is 3.23. The lowest BCUT2D eigenvalue weighted by molar-refractivity contribution is -0.136. The van der Waals surface area contributed by atoms with Crippen LogP contribution in [0, 0.1) is 0 Å². The van der Waals surface area contributed by atoms with Crippen molar-refractivity contribution in [3.63, 3.8) is 0 Å². The molecular formula is C25H28N2O4. The largest absolute Gasteiger partial charge is 0.481 e. The molecule has 0 amide bonds. The lowest BCUT2D eigenvalue weighted by Crippen LogP contribution is -2.19. The highest BCUT2D eigenvalue weighted by molar-refractivity contribution is 6.01. The normalized spacial score (nSPS) is 16.0. The fourth-order valence-corrected chi connectivity index (χ4v) is 3.23. The van der Waals surface area contributed by atoms with Crippen molar-refractivity contribution in [3.05, 3.63) is 89.5 Å². The molecule has 0 spiro atoms. The molecule has 6 nitrogen and oxygen atoms in total. The Morgan fingerprint density at radius 3 is 2.58 bits per heavy atom. The van der Waals surface area contributed by atoms with Gasteiger partial charge in [0.15, 0.2) is 0 Å². The zero-order valence-corrected chi connectivity index (χ0v) is 17.7. The topological polar surface area (TPSA) is 80.2 Å². The first-order chi connectivity index (χ1) is 15.1. The van der Waals surface area contributed by atoms with Crippen LogP contribution < -0.4 is 5.32 Å². The second kappa shape index (κ2) is 11.7. The van der Waals surface area contributed by atoms with Crippen molar-refractivity contribution in [1.29, 1.82) is 0 Å². The van der Waals surface area contributed by atoms with Crippen LogP contribution >= 0.6 is 0 Å². The van der Waals surface area contributed by atoms with Crippen LogP contribution in [-0.4, -0.2) is 43.2 Å². The van der Waals surface area contributed by atoms with Gasteiger partial charge in [-0.3, -0.25) is 4.79 Å². The molecule has 1 aliphatic rings. The molecule has 2 aromatic carbocycles. The maximum Gasteiger partial charge on any atom is 0.303 e. The third-order valence-corrected chi connectivity index (χ3v) is 4.96. The van der Waals surface area contributed by atoms with Crippen LogP contribution in [0.2, 0.25) is 0 Å². The summed E-state index contributed by atoms with van der Waals surface area (Å²) in [7, 11) is 1.54. The number of hydrogen-bond acceptors (Lipinski definition) is 5. The number of nitrogens with zero attached hydrogens (tertiary/aromatic N) is 1. The molecule has 1 aliphatic carbocycles. The Kier molecular flexibility index (Phi) is 8.43. The van der Waals surface area contributed by atoms with E-state index in [1.54, 1.807) is 0 Å². The molecular weight excluding hydrogens is 392 g/mol. The molecule has 0 fully saturated rings. The van der Waals surface area contributed by atoms with Crippen molar-refractivity contribution >= 4 is 17.4 Å². The number of oxime groups is 1. The van der Waals surface area contributed by atoms with Gasteiger partial charge >= 0.3 is 5.97 Å². The van der Waals surface area contributed by atoms with Gasteiger partial charge in [0, 0.05) is 24.2 Å². The summed E-state index contributed by atoms with van der Waals surface area (Å²) in [5.74, 6) is -0.775. The number of carboxylic acid groups (broad SMARTS) is 1. The molecule has 2 aromatic rings. The molecule has 0 heterocycles. The monoisotopic (exact) mass is 420 g/mol. The molecule has 3 rings (SSSR count). The van der Waals surface area contributed by atoms with E-state index < -0.39 is 5.97 Å². The van der Waals surface area contributed by atoms with Crippen molar-refractivity contribution in [2.45, 2.75) is 25.4 Å². The van der Waals surface area contributed by atoms with E-state index >= 15 is 0 Å². The number of benzene rings is 2. The van der Waals surface area contributed by atoms with Crippen molar-refractivity contribution in [2.75, 3.05) is 25.6 Å². The average molecular weight is 421 g/mol. The predicted molar refractivity (Wildman–Crippen MR) is 122 cm³/mol. The van der Waals surface area contributed by atoms with Gasteiger partial charge in [-0.05, 0) is 36.1 Å². The summed E-state index contributed by atoms with van der Waals surface area (Å²) < 4.78 is 6.01. The van der Waals surface area contributed by atoms with Crippen LogP contribution in [-0.2, 0) is 20.8 Å². The molecule has 0 bridgehead atoms. The zero-order valence-electron chi connectivity index (χ0n) is 17.7. The fraction of sp³-hybridized carbons (Fsp3) is 0.280. The lowest BCUT2D eigenvalue weighted by Gasteiger charge is -2.18. The van der Waals surface area contributed by atoms with Crippen molar-refractivity contribution in [1.82, 2.24) is 0 Å². The van der Waals surface area contributed by atoms with Gasteiger partial charge in [0.1, 0.15) is 12.8 Å². The number of nitrogens with one attached hydrogen (secondary N) is 1. The van der Waals surface area contributed by atoms with Gasteiger partial charge in [-0.15, -0.1) is 0 Å².